The van der Waals surface area contributed by atoms with Gasteiger partial charge in [0.2, 0.25) is 0 Å². The van der Waals surface area contributed by atoms with Crippen LogP contribution in [0.4, 0.5) is 0 Å². The van der Waals surface area contributed by atoms with E-state index < -0.39 is 0 Å². The van der Waals surface area contributed by atoms with Gasteiger partial charge in [-0.05, 0) is 18.9 Å². The first-order chi connectivity index (χ1) is 7.33. The summed E-state index contributed by atoms with van der Waals surface area (Å²) in [5.74, 6) is 0. The van der Waals surface area contributed by atoms with Gasteiger partial charge in [0.25, 0.3) is 0 Å². The molecule has 2 rings (SSSR count). The molecule has 0 atom stereocenters. The summed E-state index contributed by atoms with van der Waals surface area (Å²) in [7, 11) is 0. The molecule has 0 aliphatic carbocycles. The molecule has 0 saturated carbocycles. The first-order valence-electron chi connectivity index (χ1n) is 5.38. The van der Waals surface area contributed by atoms with E-state index in [1.54, 1.807) is 0 Å². The van der Waals surface area contributed by atoms with E-state index >= 15 is 0 Å². The van der Waals surface area contributed by atoms with Crippen LogP contribution in [0.5, 0.6) is 0 Å². The van der Waals surface area contributed by atoms with Crippen LogP contribution in [-0.2, 0) is 6.42 Å². The van der Waals surface area contributed by atoms with Crippen LogP contribution in [0, 0.1) is 6.92 Å². The Morgan fingerprint density at radius 3 is 1.53 bits per heavy atom. The SMILES string of the molecule is CCc1ccccc1.Cc1ccccc1.[HH]. The second kappa shape index (κ2) is 6.83. The molecule has 0 amide bonds. The van der Waals surface area contributed by atoms with Crippen molar-refractivity contribution in [2.45, 2.75) is 20.3 Å². The molecule has 0 unspecified atom stereocenters. The normalized spacial score (nSPS) is 8.93. The number of hydrogen-bond donors (Lipinski definition) is 0. The summed E-state index contributed by atoms with van der Waals surface area (Å²) < 4.78 is 0. The maximum absolute atomic E-state index is 2.16. The van der Waals surface area contributed by atoms with Gasteiger partial charge < -0.3 is 0 Å². The van der Waals surface area contributed by atoms with E-state index in [-0.39, 0.29) is 1.43 Å². The monoisotopic (exact) mass is 200 g/mol. The average molecular weight is 200 g/mol. The molecule has 2 aromatic carbocycles. The molecule has 0 bridgehead atoms. The molecule has 0 N–H and O–H groups in total. The van der Waals surface area contributed by atoms with E-state index in [2.05, 4.69) is 50.2 Å². The van der Waals surface area contributed by atoms with Gasteiger partial charge in [0.1, 0.15) is 0 Å². The zero-order valence-corrected chi connectivity index (χ0v) is 9.48. The second-order valence-corrected chi connectivity index (χ2v) is 3.49. The van der Waals surface area contributed by atoms with Crippen LogP contribution in [0.25, 0.3) is 0 Å². The number of aryl methyl sites for hydroxylation is 2. The Labute approximate surface area is 94.1 Å². The van der Waals surface area contributed by atoms with Crippen LogP contribution < -0.4 is 0 Å². The average Bonchev–Trinajstić information content (AvgIpc) is 2.32. The molecule has 0 aliphatic heterocycles. The summed E-state index contributed by atoms with van der Waals surface area (Å²) in [6.07, 6.45) is 1.14. The van der Waals surface area contributed by atoms with Crippen LogP contribution in [0.1, 0.15) is 19.5 Å². The van der Waals surface area contributed by atoms with E-state index in [1.807, 2.05) is 24.3 Å². The lowest BCUT2D eigenvalue weighted by molar-refractivity contribution is 1.14. The Morgan fingerprint density at radius 2 is 1.27 bits per heavy atom. The molecule has 0 aliphatic rings. The topological polar surface area (TPSA) is 0 Å². The molecule has 0 saturated heterocycles. The van der Waals surface area contributed by atoms with Crippen LogP contribution in [0.15, 0.2) is 60.7 Å². The fraction of sp³-hybridized carbons (Fsp3) is 0.200. The predicted molar refractivity (Wildman–Crippen MR) is 69.1 cm³/mol. The van der Waals surface area contributed by atoms with Crippen molar-refractivity contribution in [3.63, 3.8) is 0 Å². The first-order valence-corrected chi connectivity index (χ1v) is 5.38. The Bertz CT molecular complexity index is 354. The predicted octanol–water partition coefficient (Wildman–Crippen LogP) is 4.49. The maximum atomic E-state index is 2.16. The van der Waals surface area contributed by atoms with E-state index in [0.29, 0.717) is 0 Å². The van der Waals surface area contributed by atoms with E-state index in [0.717, 1.165) is 6.42 Å². The van der Waals surface area contributed by atoms with E-state index in [1.165, 1.54) is 11.1 Å². The van der Waals surface area contributed by atoms with Gasteiger partial charge >= 0.3 is 0 Å². The van der Waals surface area contributed by atoms with Gasteiger partial charge in [-0.15, -0.1) is 0 Å². The van der Waals surface area contributed by atoms with Crippen molar-refractivity contribution in [3.05, 3.63) is 71.8 Å². The van der Waals surface area contributed by atoms with Crippen LogP contribution in [0.2, 0.25) is 0 Å². The van der Waals surface area contributed by atoms with Gasteiger partial charge in [0.15, 0.2) is 0 Å². The number of hydrogen-bond acceptors (Lipinski definition) is 0. The fourth-order valence-corrected chi connectivity index (χ4v) is 1.25. The highest BCUT2D eigenvalue weighted by Crippen LogP contribution is 1.96. The van der Waals surface area contributed by atoms with Gasteiger partial charge in [-0.1, -0.05) is 73.2 Å². The fourth-order valence-electron chi connectivity index (χ4n) is 1.25. The summed E-state index contributed by atoms with van der Waals surface area (Å²) in [6, 6.07) is 20.7. The van der Waals surface area contributed by atoms with Crippen molar-refractivity contribution < 1.29 is 1.43 Å². The molecule has 0 radical (unpaired) electrons. The Kier molecular flexibility index (Phi) is 5.24. The van der Waals surface area contributed by atoms with Gasteiger partial charge in [-0.2, -0.15) is 0 Å². The molecule has 0 fully saturated rings. The van der Waals surface area contributed by atoms with E-state index in [4.69, 9.17) is 0 Å². The molecular formula is C15H20. The van der Waals surface area contributed by atoms with Gasteiger partial charge in [0, 0.05) is 1.43 Å². The van der Waals surface area contributed by atoms with Crippen molar-refractivity contribution in [2.24, 2.45) is 0 Å². The molecule has 0 aromatic heterocycles. The number of rotatable bonds is 1. The maximum Gasteiger partial charge on any atom is 0 e. The third-order valence-corrected chi connectivity index (χ3v) is 2.19. The lowest BCUT2D eigenvalue weighted by Crippen LogP contribution is -1.73. The summed E-state index contributed by atoms with van der Waals surface area (Å²) in [4.78, 5) is 0. The molecule has 0 spiro atoms. The highest BCUT2D eigenvalue weighted by atomic mass is 13.9. The molecule has 2 aromatic rings. The largest absolute Gasteiger partial charge is 0.0622 e. The minimum absolute atomic E-state index is 0. The third kappa shape index (κ3) is 5.02. The molecule has 0 heteroatoms. The van der Waals surface area contributed by atoms with Gasteiger partial charge in [-0.3, -0.25) is 0 Å². The smallest absolute Gasteiger partial charge is 0 e. The van der Waals surface area contributed by atoms with Crippen LogP contribution in [0.3, 0.4) is 0 Å². The number of benzene rings is 2. The van der Waals surface area contributed by atoms with Crippen LogP contribution >= 0.6 is 0 Å². The molecular weight excluding hydrogens is 180 g/mol. The molecule has 0 heterocycles. The zero-order chi connectivity index (χ0) is 10.9. The van der Waals surface area contributed by atoms with Crippen LogP contribution in [-0.4, -0.2) is 0 Å². The lowest BCUT2D eigenvalue weighted by atomic mass is 10.2. The minimum Gasteiger partial charge on any atom is -0.0622 e. The standard InChI is InChI=1S/C8H10.C7H8.H2/c1-2-8-6-4-3-5-7-8;1-7-5-3-2-4-6-7;/h3-7H,2H2,1H3;2-6H,1H3;1H. The Balaban J connectivity index is 0.000000267. The zero-order valence-electron chi connectivity index (χ0n) is 9.48. The first kappa shape index (κ1) is 11.5. The van der Waals surface area contributed by atoms with Crippen molar-refractivity contribution in [3.8, 4) is 0 Å². The van der Waals surface area contributed by atoms with Gasteiger partial charge in [0.05, 0.1) is 0 Å². The van der Waals surface area contributed by atoms with E-state index in [9.17, 15) is 0 Å². The summed E-state index contributed by atoms with van der Waals surface area (Å²) in [5, 5.41) is 0. The van der Waals surface area contributed by atoms with Crippen molar-refractivity contribution >= 4 is 0 Å². The van der Waals surface area contributed by atoms with Crippen molar-refractivity contribution in [2.75, 3.05) is 0 Å². The molecule has 80 valence electrons. The van der Waals surface area contributed by atoms with Crippen molar-refractivity contribution in [1.29, 1.82) is 0 Å². The quantitative estimate of drug-likeness (QED) is 0.636. The summed E-state index contributed by atoms with van der Waals surface area (Å²) in [5.41, 5.74) is 2.73. The molecule has 15 heavy (non-hydrogen) atoms. The lowest BCUT2D eigenvalue weighted by Gasteiger charge is -1.89. The summed E-state index contributed by atoms with van der Waals surface area (Å²) in [6.45, 7) is 4.25. The second-order valence-electron chi connectivity index (χ2n) is 3.49. The van der Waals surface area contributed by atoms with Crippen molar-refractivity contribution in [1.82, 2.24) is 0 Å². The van der Waals surface area contributed by atoms with Gasteiger partial charge in [-0.25, -0.2) is 0 Å². The Morgan fingerprint density at radius 1 is 0.800 bits per heavy atom. The highest BCUT2D eigenvalue weighted by molar-refractivity contribution is 5.14. The third-order valence-electron chi connectivity index (χ3n) is 2.19. The highest BCUT2D eigenvalue weighted by Gasteiger charge is 1.79. The Hall–Kier alpha value is -1.56. The minimum atomic E-state index is 0. The molecule has 0 nitrogen and oxygen atoms in total. The summed E-state index contributed by atoms with van der Waals surface area (Å²) >= 11 is 0.